The SMILES string of the molecule is CC(C)(C)OC(=O)N1CC2CC(F)(CBr)C2C1. The number of likely N-dealkylation sites (tertiary alicyclic amines) is 1. The Balaban J connectivity index is 1.93. The first-order chi connectivity index (χ1) is 7.75. The molecule has 0 spiro atoms. The van der Waals surface area contributed by atoms with E-state index < -0.39 is 11.3 Å². The average Bonchev–Trinajstić information content (AvgIpc) is 2.53. The fraction of sp³-hybridized carbons (Fsp3) is 0.917. The summed E-state index contributed by atoms with van der Waals surface area (Å²) in [4.78, 5) is 13.5. The molecule has 0 bridgehead atoms. The van der Waals surface area contributed by atoms with Gasteiger partial charge in [-0.15, -0.1) is 0 Å². The van der Waals surface area contributed by atoms with Gasteiger partial charge >= 0.3 is 6.09 Å². The Morgan fingerprint density at radius 3 is 2.71 bits per heavy atom. The lowest BCUT2D eigenvalue weighted by atomic mass is 9.65. The summed E-state index contributed by atoms with van der Waals surface area (Å²) in [6.45, 7) is 6.65. The van der Waals surface area contributed by atoms with Crippen molar-refractivity contribution >= 4 is 22.0 Å². The fourth-order valence-electron chi connectivity index (χ4n) is 2.72. The Labute approximate surface area is 110 Å². The number of amides is 1. The third-order valence-corrected chi connectivity index (χ3v) is 4.51. The van der Waals surface area contributed by atoms with Crippen molar-refractivity contribution in [1.82, 2.24) is 4.90 Å². The number of alkyl halides is 2. The fourth-order valence-corrected chi connectivity index (χ4v) is 3.36. The van der Waals surface area contributed by atoms with Gasteiger partial charge in [0.2, 0.25) is 0 Å². The highest BCUT2D eigenvalue weighted by atomic mass is 79.9. The molecule has 1 aliphatic heterocycles. The summed E-state index contributed by atoms with van der Waals surface area (Å²) in [5.74, 6) is 0.291. The summed E-state index contributed by atoms with van der Waals surface area (Å²) < 4.78 is 19.4. The predicted molar refractivity (Wildman–Crippen MR) is 67.0 cm³/mol. The molecule has 2 aliphatic rings. The van der Waals surface area contributed by atoms with E-state index in [9.17, 15) is 9.18 Å². The second-order valence-corrected chi connectivity index (χ2v) is 6.69. The Hall–Kier alpha value is -0.320. The van der Waals surface area contributed by atoms with Crippen LogP contribution in [0.4, 0.5) is 9.18 Å². The minimum atomic E-state index is -1.12. The Morgan fingerprint density at radius 2 is 2.18 bits per heavy atom. The van der Waals surface area contributed by atoms with Gasteiger partial charge in [-0.1, -0.05) is 15.9 Å². The maximum Gasteiger partial charge on any atom is 0.410 e. The quantitative estimate of drug-likeness (QED) is 0.697. The number of halogens is 2. The lowest BCUT2D eigenvalue weighted by molar-refractivity contribution is -0.0227. The van der Waals surface area contributed by atoms with Crippen LogP contribution >= 0.6 is 15.9 Å². The zero-order valence-corrected chi connectivity index (χ0v) is 12.1. The van der Waals surface area contributed by atoms with E-state index in [0.717, 1.165) is 0 Å². The van der Waals surface area contributed by atoms with Gasteiger partial charge in [0.25, 0.3) is 0 Å². The van der Waals surface area contributed by atoms with Gasteiger partial charge in [-0.2, -0.15) is 0 Å². The molecule has 98 valence electrons. The molecule has 2 rings (SSSR count). The second-order valence-electron chi connectivity index (χ2n) is 6.12. The Kier molecular flexibility index (Phi) is 3.17. The van der Waals surface area contributed by atoms with Gasteiger partial charge in [-0.3, -0.25) is 0 Å². The molecular weight excluding hydrogens is 289 g/mol. The monoisotopic (exact) mass is 307 g/mol. The molecular formula is C12H19BrFNO2. The highest BCUT2D eigenvalue weighted by Crippen LogP contribution is 2.52. The van der Waals surface area contributed by atoms with Crippen LogP contribution < -0.4 is 0 Å². The number of carbonyl (C=O) groups excluding carboxylic acids is 1. The number of hydrogen-bond donors (Lipinski definition) is 0. The maximum absolute atomic E-state index is 14.1. The highest BCUT2D eigenvalue weighted by Gasteiger charge is 2.58. The Morgan fingerprint density at radius 1 is 1.53 bits per heavy atom. The zero-order chi connectivity index (χ0) is 12.8. The number of fused-ring (bicyclic) bond motifs is 1. The van der Waals surface area contributed by atoms with E-state index >= 15 is 0 Å². The molecule has 1 amide bonds. The van der Waals surface area contributed by atoms with Crippen molar-refractivity contribution in [2.24, 2.45) is 11.8 Å². The summed E-state index contributed by atoms with van der Waals surface area (Å²) in [6.07, 6.45) is 0.242. The van der Waals surface area contributed by atoms with Gasteiger partial charge in [0.05, 0.1) is 0 Å². The van der Waals surface area contributed by atoms with Gasteiger partial charge in [0, 0.05) is 24.3 Å². The van der Waals surface area contributed by atoms with E-state index in [-0.39, 0.29) is 12.0 Å². The molecule has 17 heavy (non-hydrogen) atoms. The average molecular weight is 308 g/mol. The minimum absolute atomic E-state index is 0.0191. The van der Waals surface area contributed by atoms with Crippen molar-refractivity contribution in [3.05, 3.63) is 0 Å². The van der Waals surface area contributed by atoms with Crippen LogP contribution in [-0.2, 0) is 4.74 Å². The van der Waals surface area contributed by atoms with Gasteiger partial charge in [-0.05, 0) is 33.1 Å². The third kappa shape index (κ3) is 2.44. The number of rotatable bonds is 1. The molecule has 5 heteroatoms. The van der Waals surface area contributed by atoms with Crippen molar-refractivity contribution in [1.29, 1.82) is 0 Å². The summed E-state index contributed by atoms with van der Waals surface area (Å²) >= 11 is 3.21. The van der Waals surface area contributed by atoms with Crippen LogP contribution in [-0.4, -0.2) is 40.7 Å². The molecule has 3 unspecified atom stereocenters. The molecule has 1 saturated carbocycles. The molecule has 1 heterocycles. The zero-order valence-electron chi connectivity index (χ0n) is 10.5. The topological polar surface area (TPSA) is 29.5 Å². The van der Waals surface area contributed by atoms with E-state index in [0.29, 0.717) is 30.8 Å². The lowest BCUT2D eigenvalue weighted by Crippen LogP contribution is -2.51. The van der Waals surface area contributed by atoms with Gasteiger partial charge in [0.1, 0.15) is 11.3 Å². The van der Waals surface area contributed by atoms with Crippen LogP contribution in [0.3, 0.4) is 0 Å². The van der Waals surface area contributed by atoms with E-state index in [4.69, 9.17) is 4.74 Å². The molecule has 3 atom stereocenters. The number of hydrogen-bond acceptors (Lipinski definition) is 2. The van der Waals surface area contributed by atoms with E-state index in [2.05, 4.69) is 15.9 Å². The molecule has 3 nitrogen and oxygen atoms in total. The third-order valence-electron chi connectivity index (χ3n) is 3.58. The first kappa shape index (κ1) is 13.1. The van der Waals surface area contributed by atoms with Crippen molar-refractivity contribution in [3.63, 3.8) is 0 Å². The molecule has 0 aromatic carbocycles. The van der Waals surface area contributed by atoms with Crippen LogP contribution in [0, 0.1) is 11.8 Å². The summed E-state index contributed by atoms with van der Waals surface area (Å²) in [7, 11) is 0. The van der Waals surface area contributed by atoms with Crippen LogP contribution in [0.2, 0.25) is 0 Å². The largest absolute Gasteiger partial charge is 0.444 e. The lowest BCUT2D eigenvalue weighted by Gasteiger charge is -2.44. The molecule has 0 N–H and O–H groups in total. The highest BCUT2D eigenvalue weighted by molar-refractivity contribution is 9.09. The summed E-state index contributed by atoms with van der Waals surface area (Å²) in [5, 5.41) is 0.364. The van der Waals surface area contributed by atoms with Crippen molar-refractivity contribution in [3.8, 4) is 0 Å². The Bertz CT molecular complexity index is 331. The van der Waals surface area contributed by atoms with Crippen LogP contribution in [0.5, 0.6) is 0 Å². The first-order valence-electron chi connectivity index (χ1n) is 5.98. The van der Waals surface area contributed by atoms with Crippen LogP contribution in [0.25, 0.3) is 0 Å². The van der Waals surface area contributed by atoms with Gasteiger partial charge < -0.3 is 9.64 Å². The van der Waals surface area contributed by atoms with Gasteiger partial charge in [-0.25, -0.2) is 9.18 Å². The minimum Gasteiger partial charge on any atom is -0.444 e. The number of carbonyl (C=O) groups is 1. The van der Waals surface area contributed by atoms with E-state index in [1.165, 1.54) is 0 Å². The molecule has 1 saturated heterocycles. The predicted octanol–water partition coefficient (Wildman–Crippen LogP) is 2.98. The number of nitrogens with zero attached hydrogens (tertiary/aromatic N) is 1. The molecule has 2 fully saturated rings. The van der Waals surface area contributed by atoms with Crippen molar-refractivity contribution < 1.29 is 13.9 Å². The first-order valence-corrected chi connectivity index (χ1v) is 7.10. The normalized spacial score (nSPS) is 36.4. The van der Waals surface area contributed by atoms with Gasteiger partial charge in [0.15, 0.2) is 0 Å². The molecule has 0 aromatic rings. The number of ether oxygens (including phenoxy) is 1. The molecule has 0 radical (unpaired) electrons. The molecule has 0 aromatic heterocycles. The van der Waals surface area contributed by atoms with Crippen LogP contribution in [0.15, 0.2) is 0 Å². The van der Waals surface area contributed by atoms with Crippen LogP contribution in [0.1, 0.15) is 27.2 Å². The maximum atomic E-state index is 14.1. The smallest absolute Gasteiger partial charge is 0.410 e. The standard InChI is InChI=1S/C12H19BrFNO2/c1-11(2,3)17-10(16)15-5-8-4-12(14,7-13)9(8)6-15/h8-9H,4-7H2,1-3H3. The van der Waals surface area contributed by atoms with Crippen molar-refractivity contribution in [2.45, 2.75) is 38.5 Å². The van der Waals surface area contributed by atoms with E-state index in [1.807, 2.05) is 20.8 Å². The summed E-state index contributed by atoms with van der Waals surface area (Å²) in [5.41, 5.74) is -1.61. The molecule has 1 aliphatic carbocycles. The second kappa shape index (κ2) is 4.11. The van der Waals surface area contributed by atoms with Crippen molar-refractivity contribution in [2.75, 3.05) is 18.4 Å². The summed E-state index contributed by atoms with van der Waals surface area (Å²) in [6, 6.07) is 0. The van der Waals surface area contributed by atoms with E-state index in [1.54, 1.807) is 4.90 Å².